The van der Waals surface area contributed by atoms with Gasteiger partial charge in [-0.3, -0.25) is 9.69 Å². The summed E-state index contributed by atoms with van der Waals surface area (Å²) in [4.78, 5) is 14.6. The molecule has 2 saturated carbocycles. The van der Waals surface area contributed by atoms with E-state index >= 15 is 0 Å². The number of Topliss-reactive ketones (excluding diaryl/α,β-unsaturated/α-hetero) is 1. The van der Waals surface area contributed by atoms with Gasteiger partial charge in [0.25, 0.3) is 0 Å². The highest BCUT2D eigenvalue weighted by Gasteiger charge is 2.34. The maximum Gasteiger partial charge on any atom is 0.176 e. The Morgan fingerprint density at radius 2 is 1.89 bits per heavy atom. The first-order valence-electron chi connectivity index (χ1n) is 7.03. The molecule has 0 aliphatic heterocycles. The average molecular weight is 254 g/mol. The van der Waals surface area contributed by atoms with Crippen molar-refractivity contribution >= 4 is 5.78 Å². The lowest BCUT2D eigenvalue weighted by molar-refractivity contribution is 0.0921. The zero-order valence-electron chi connectivity index (χ0n) is 11.0. The molecular formula is C16H18N2O. The van der Waals surface area contributed by atoms with E-state index in [-0.39, 0.29) is 5.78 Å². The standard InChI is InChI=1S/C16H18N2O/c17-9-12-3-5-14(6-4-12)16(19)11-18(15-7-8-15)10-13-1-2-13/h3-6,13,15H,1-2,7-8,10-11H2. The summed E-state index contributed by atoms with van der Waals surface area (Å²) in [6.07, 6.45) is 5.14. The van der Waals surface area contributed by atoms with Gasteiger partial charge in [-0.05, 0) is 43.7 Å². The summed E-state index contributed by atoms with van der Waals surface area (Å²) in [6.45, 7) is 1.62. The fourth-order valence-corrected chi connectivity index (χ4v) is 2.42. The van der Waals surface area contributed by atoms with Crippen LogP contribution in [0.4, 0.5) is 0 Å². The smallest absolute Gasteiger partial charge is 0.176 e. The molecule has 2 aliphatic carbocycles. The van der Waals surface area contributed by atoms with E-state index in [2.05, 4.69) is 11.0 Å². The number of nitriles is 1. The fourth-order valence-electron chi connectivity index (χ4n) is 2.42. The zero-order chi connectivity index (χ0) is 13.2. The van der Waals surface area contributed by atoms with Gasteiger partial charge in [-0.2, -0.15) is 5.26 Å². The van der Waals surface area contributed by atoms with E-state index in [1.807, 2.05) is 0 Å². The number of carbonyl (C=O) groups is 1. The van der Waals surface area contributed by atoms with Gasteiger partial charge >= 0.3 is 0 Å². The highest BCUT2D eigenvalue weighted by atomic mass is 16.1. The van der Waals surface area contributed by atoms with Gasteiger partial charge in [-0.1, -0.05) is 12.1 Å². The van der Waals surface area contributed by atoms with E-state index < -0.39 is 0 Å². The monoisotopic (exact) mass is 254 g/mol. The van der Waals surface area contributed by atoms with Gasteiger partial charge in [-0.15, -0.1) is 0 Å². The minimum atomic E-state index is 0.178. The van der Waals surface area contributed by atoms with E-state index in [4.69, 9.17) is 5.26 Å². The highest BCUT2D eigenvalue weighted by molar-refractivity contribution is 5.97. The molecule has 0 spiro atoms. The molecule has 1 aromatic carbocycles. The summed E-state index contributed by atoms with van der Waals surface area (Å²) in [5, 5.41) is 8.76. The van der Waals surface area contributed by atoms with Crippen LogP contribution in [0.1, 0.15) is 41.6 Å². The summed E-state index contributed by atoms with van der Waals surface area (Å²) in [5.74, 6) is 1.01. The molecule has 0 aromatic heterocycles. The second kappa shape index (κ2) is 5.14. The predicted molar refractivity (Wildman–Crippen MR) is 72.8 cm³/mol. The molecule has 1 aromatic rings. The van der Waals surface area contributed by atoms with Crippen molar-refractivity contribution in [2.24, 2.45) is 5.92 Å². The van der Waals surface area contributed by atoms with Gasteiger partial charge < -0.3 is 0 Å². The van der Waals surface area contributed by atoms with Crippen LogP contribution in [0.5, 0.6) is 0 Å². The molecule has 0 bridgehead atoms. The number of rotatable bonds is 6. The summed E-state index contributed by atoms with van der Waals surface area (Å²) in [6, 6.07) is 9.69. The Morgan fingerprint density at radius 3 is 2.42 bits per heavy atom. The van der Waals surface area contributed by atoms with E-state index in [1.54, 1.807) is 24.3 Å². The molecule has 0 unspecified atom stereocenters. The summed E-state index contributed by atoms with van der Waals surface area (Å²) in [5.41, 5.74) is 1.33. The summed E-state index contributed by atoms with van der Waals surface area (Å²) >= 11 is 0. The molecule has 3 rings (SSSR count). The fraction of sp³-hybridized carbons (Fsp3) is 0.500. The Kier molecular flexibility index (Phi) is 3.35. The Labute approximate surface area is 113 Å². The number of ketones is 1. The van der Waals surface area contributed by atoms with Crippen molar-refractivity contribution in [3.8, 4) is 6.07 Å². The lowest BCUT2D eigenvalue weighted by Crippen LogP contribution is -2.33. The Hall–Kier alpha value is -1.66. The lowest BCUT2D eigenvalue weighted by Gasteiger charge is -2.20. The van der Waals surface area contributed by atoms with Crippen LogP contribution in [-0.4, -0.2) is 29.8 Å². The van der Waals surface area contributed by atoms with Gasteiger partial charge in [0, 0.05) is 18.2 Å². The normalized spacial score (nSPS) is 18.3. The molecule has 0 heterocycles. The Bertz CT molecular complexity index is 507. The van der Waals surface area contributed by atoms with Gasteiger partial charge in [0.15, 0.2) is 5.78 Å². The Morgan fingerprint density at radius 1 is 1.21 bits per heavy atom. The first-order valence-corrected chi connectivity index (χ1v) is 7.03. The molecule has 19 heavy (non-hydrogen) atoms. The predicted octanol–water partition coefficient (Wildman–Crippen LogP) is 2.62. The quantitative estimate of drug-likeness (QED) is 0.733. The molecule has 3 nitrogen and oxygen atoms in total. The molecule has 0 radical (unpaired) electrons. The van der Waals surface area contributed by atoms with Crippen LogP contribution in [0.15, 0.2) is 24.3 Å². The average Bonchev–Trinajstić information content (AvgIpc) is 3.29. The number of benzene rings is 1. The van der Waals surface area contributed by atoms with Crippen molar-refractivity contribution in [3.63, 3.8) is 0 Å². The van der Waals surface area contributed by atoms with E-state index in [0.29, 0.717) is 18.2 Å². The van der Waals surface area contributed by atoms with Crippen molar-refractivity contribution in [2.45, 2.75) is 31.7 Å². The van der Waals surface area contributed by atoms with Crippen molar-refractivity contribution in [2.75, 3.05) is 13.1 Å². The molecule has 0 N–H and O–H groups in total. The van der Waals surface area contributed by atoms with Crippen LogP contribution >= 0.6 is 0 Å². The van der Waals surface area contributed by atoms with Crippen LogP contribution < -0.4 is 0 Å². The van der Waals surface area contributed by atoms with Crippen molar-refractivity contribution in [1.82, 2.24) is 4.90 Å². The molecule has 2 aliphatic rings. The largest absolute Gasteiger partial charge is 0.293 e. The first-order chi connectivity index (χ1) is 9.26. The lowest BCUT2D eigenvalue weighted by atomic mass is 10.1. The minimum absolute atomic E-state index is 0.178. The molecule has 2 fully saturated rings. The van der Waals surface area contributed by atoms with Gasteiger partial charge in [-0.25, -0.2) is 0 Å². The van der Waals surface area contributed by atoms with Crippen LogP contribution in [-0.2, 0) is 0 Å². The van der Waals surface area contributed by atoms with Crippen LogP contribution in [0.25, 0.3) is 0 Å². The SMILES string of the molecule is N#Cc1ccc(C(=O)CN(CC2CC2)C2CC2)cc1. The third kappa shape index (κ3) is 3.21. The third-order valence-electron chi connectivity index (χ3n) is 3.94. The topological polar surface area (TPSA) is 44.1 Å². The van der Waals surface area contributed by atoms with Crippen LogP contribution in [0, 0.1) is 17.2 Å². The van der Waals surface area contributed by atoms with Gasteiger partial charge in [0.05, 0.1) is 18.2 Å². The Balaban J connectivity index is 1.63. The molecule has 0 amide bonds. The third-order valence-corrected chi connectivity index (χ3v) is 3.94. The van der Waals surface area contributed by atoms with E-state index in [1.165, 1.54) is 25.7 Å². The number of nitrogens with zero attached hydrogens (tertiary/aromatic N) is 2. The molecule has 3 heteroatoms. The molecule has 0 saturated heterocycles. The number of hydrogen-bond acceptors (Lipinski definition) is 3. The minimum Gasteiger partial charge on any atom is -0.293 e. The highest BCUT2D eigenvalue weighted by Crippen LogP contribution is 2.34. The number of carbonyl (C=O) groups excluding carboxylic acids is 1. The van der Waals surface area contributed by atoms with Crippen molar-refractivity contribution < 1.29 is 4.79 Å². The van der Waals surface area contributed by atoms with Gasteiger partial charge in [0.1, 0.15) is 0 Å². The van der Waals surface area contributed by atoms with Crippen LogP contribution in [0.2, 0.25) is 0 Å². The van der Waals surface area contributed by atoms with Crippen LogP contribution in [0.3, 0.4) is 0 Å². The zero-order valence-corrected chi connectivity index (χ0v) is 11.0. The molecule has 98 valence electrons. The van der Waals surface area contributed by atoms with Gasteiger partial charge in [0.2, 0.25) is 0 Å². The summed E-state index contributed by atoms with van der Waals surface area (Å²) in [7, 11) is 0. The first kappa shape index (κ1) is 12.4. The maximum absolute atomic E-state index is 12.3. The molecule has 0 atom stereocenters. The second-order valence-electron chi connectivity index (χ2n) is 5.72. The van der Waals surface area contributed by atoms with E-state index in [0.717, 1.165) is 18.0 Å². The second-order valence-corrected chi connectivity index (χ2v) is 5.72. The van der Waals surface area contributed by atoms with E-state index in [9.17, 15) is 4.79 Å². The maximum atomic E-state index is 12.3. The van der Waals surface area contributed by atoms with Crippen molar-refractivity contribution in [3.05, 3.63) is 35.4 Å². The molecular weight excluding hydrogens is 236 g/mol. The van der Waals surface area contributed by atoms with Crippen molar-refractivity contribution in [1.29, 1.82) is 5.26 Å². The number of hydrogen-bond donors (Lipinski definition) is 0. The summed E-state index contributed by atoms with van der Waals surface area (Å²) < 4.78 is 0.